The van der Waals surface area contributed by atoms with E-state index in [9.17, 15) is 4.79 Å². The van der Waals surface area contributed by atoms with Gasteiger partial charge in [0.15, 0.2) is 0 Å². The summed E-state index contributed by atoms with van der Waals surface area (Å²) in [6, 6.07) is 9.12. The van der Waals surface area contributed by atoms with E-state index in [2.05, 4.69) is 26.1 Å². The van der Waals surface area contributed by atoms with Gasteiger partial charge in [0.05, 0.1) is 23.2 Å². The quantitative estimate of drug-likeness (QED) is 0.584. The van der Waals surface area contributed by atoms with Crippen molar-refractivity contribution in [3.63, 3.8) is 0 Å². The van der Waals surface area contributed by atoms with E-state index in [1.807, 2.05) is 24.3 Å². The minimum Gasteiger partial charge on any atom is -0.469 e. The molecular formula is C15H14N6O2. The molecule has 0 saturated heterocycles. The molecule has 2 aromatic heterocycles. The lowest BCUT2D eigenvalue weighted by Gasteiger charge is -2.05. The van der Waals surface area contributed by atoms with E-state index in [0.717, 1.165) is 11.3 Å². The van der Waals surface area contributed by atoms with Gasteiger partial charge < -0.3 is 4.42 Å². The second-order valence-corrected chi connectivity index (χ2v) is 4.83. The van der Waals surface area contributed by atoms with Crippen molar-refractivity contribution in [2.75, 3.05) is 0 Å². The number of carbonyl (C=O) groups excluding carboxylic acids is 1. The molecule has 0 bridgehead atoms. The molecule has 0 fully saturated rings. The number of aromatic nitrogens is 4. The van der Waals surface area contributed by atoms with Gasteiger partial charge in [-0.25, -0.2) is 10.1 Å². The maximum Gasteiger partial charge on any atom is 0.274 e. The Kier molecular flexibility index (Phi) is 3.96. The Balaban J connectivity index is 1.78. The first-order valence-corrected chi connectivity index (χ1v) is 6.87. The molecule has 2 heterocycles. The number of hydrogen-bond acceptors (Lipinski definition) is 6. The zero-order valence-corrected chi connectivity index (χ0v) is 12.6. The predicted molar refractivity (Wildman–Crippen MR) is 82.3 cm³/mol. The third-order valence-electron chi connectivity index (χ3n) is 3.31. The maximum absolute atomic E-state index is 12.0. The van der Waals surface area contributed by atoms with Crippen LogP contribution in [0.25, 0.3) is 5.69 Å². The highest BCUT2D eigenvalue weighted by atomic mass is 16.3. The van der Waals surface area contributed by atoms with Crippen LogP contribution in [0.3, 0.4) is 0 Å². The molecule has 3 rings (SSSR count). The summed E-state index contributed by atoms with van der Waals surface area (Å²) in [6.45, 7) is 3.53. The van der Waals surface area contributed by atoms with Crippen molar-refractivity contribution in [2.24, 2.45) is 5.10 Å². The second kappa shape index (κ2) is 6.22. The lowest BCUT2D eigenvalue weighted by atomic mass is 10.1. The van der Waals surface area contributed by atoms with Crippen LogP contribution < -0.4 is 5.43 Å². The molecule has 0 aliphatic rings. The third kappa shape index (κ3) is 3.15. The summed E-state index contributed by atoms with van der Waals surface area (Å²) in [7, 11) is 0. The fourth-order valence-electron chi connectivity index (χ4n) is 2.03. The molecule has 0 aliphatic heterocycles. The van der Waals surface area contributed by atoms with Crippen molar-refractivity contribution in [1.29, 1.82) is 0 Å². The largest absolute Gasteiger partial charge is 0.469 e. The van der Waals surface area contributed by atoms with E-state index < -0.39 is 0 Å². The van der Waals surface area contributed by atoms with Crippen LogP contribution in [-0.2, 0) is 0 Å². The molecule has 8 nitrogen and oxygen atoms in total. The van der Waals surface area contributed by atoms with Crippen molar-refractivity contribution >= 4 is 11.6 Å². The second-order valence-electron chi connectivity index (χ2n) is 4.83. The standard InChI is InChI=1S/C15H14N6O2/c1-10(17-18-15(22)14-6-7-23-11(14)2)12-4-3-5-13(8-12)21-9-16-19-20-21/h3-9H,1-2H3,(H,18,22)/b17-10-. The first-order chi connectivity index (χ1) is 11.1. The highest BCUT2D eigenvalue weighted by Gasteiger charge is 2.10. The van der Waals surface area contributed by atoms with Crippen LogP contribution in [0.5, 0.6) is 0 Å². The van der Waals surface area contributed by atoms with Crippen LogP contribution in [0.1, 0.15) is 28.6 Å². The van der Waals surface area contributed by atoms with Crippen molar-refractivity contribution < 1.29 is 9.21 Å². The topological polar surface area (TPSA) is 98.2 Å². The number of furan rings is 1. The van der Waals surface area contributed by atoms with Gasteiger partial charge in [-0.15, -0.1) is 5.10 Å². The molecule has 0 atom stereocenters. The van der Waals surface area contributed by atoms with Gasteiger partial charge in [-0.1, -0.05) is 12.1 Å². The van der Waals surface area contributed by atoms with Crippen molar-refractivity contribution in [3.8, 4) is 5.69 Å². The Labute approximate surface area is 131 Å². The number of tetrazole rings is 1. The van der Waals surface area contributed by atoms with E-state index in [1.54, 1.807) is 24.6 Å². The molecule has 1 aromatic carbocycles. The molecule has 0 spiro atoms. The molecule has 0 saturated carbocycles. The highest BCUT2D eigenvalue weighted by molar-refractivity contribution is 6.01. The van der Waals surface area contributed by atoms with Crippen molar-refractivity contribution in [1.82, 2.24) is 25.6 Å². The summed E-state index contributed by atoms with van der Waals surface area (Å²) < 4.78 is 6.65. The van der Waals surface area contributed by atoms with E-state index in [0.29, 0.717) is 17.0 Å². The number of carbonyl (C=O) groups is 1. The summed E-state index contributed by atoms with van der Waals surface area (Å²) in [6.07, 6.45) is 2.98. The van der Waals surface area contributed by atoms with E-state index in [-0.39, 0.29) is 5.91 Å². The minimum atomic E-state index is -0.313. The predicted octanol–water partition coefficient (Wildman–Crippen LogP) is 1.72. The van der Waals surface area contributed by atoms with E-state index in [4.69, 9.17) is 4.42 Å². The minimum absolute atomic E-state index is 0.313. The number of hydrazone groups is 1. The van der Waals surface area contributed by atoms with Gasteiger partial charge in [-0.2, -0.15) is 5.10 Å². The lowest BCUT2D eigenvalue weighted by Crippen LogP contribution is -2.19. The molecule has 1 amide bonds. The Hall–Kier alpha value is -3.29. The SMILES string of the molecule is C/C(=N/NC(=O)c1ccoc1C)c1cccc(-n2cnnn2)c1. The molecule has 23 heavy (non-hydrogen) atoms. The summed E-state index contributed by atoms with van der Waals surface area (Å²) in [5.41, 5.74) is 5.30. The van der Waals surface area contributed by atoms with Crippen LogP contribution in [0.2, 0.25) is 0 Å². The van der Waals surface area contributed by atoms with E-state index in [1.165, 1.54) is 12.6 Å². The Morgan fingerprint density at radius 3 is 2.91 bits per heavy atom. The van der Waals surface area contributed by atoms with Gasteiger partial charge in [-0.05, 0) is 48.0 Å². The molecule has 116 valence electrons. The first kappa shape index (κ1) is 14.6. The maximum atomic E-state index is 12.0. The molecule has 0 radical (unpaired) electrons. The summed E-state index contributed by atoms with van der Waals surface area (Å²) in [4.78, 5) is 12.0. The number of amides is 1. The number of nitrogens with zero attached hydrogens (tertiary/aromatic N) is 5. The van der Waals surface area contributed by atoms with Crippen LogP contribution in [0.4, 0.5) is 0 Å². The van der Waals surface area contributed by atoms with Gasteiger partial charge in [0, 0.05) is 0 Å². The van der Waals surface area contributed by atoms with Gasteiger partial charge in [0.25, 0.3) is 5.91 Å². The smallest absolute Gasteiger partial charge is 0.274 e. The number of nitrogens with one attached hydrogen (secondary N) is 1. The third-order valence-corrected chi connectivity index (χ3v) is 3.31. The van der Waals surface area contributed by atoms with Crippen LogP contribution in [0, 0.1) is 6.92 Å². The lowest BCUT2D eigenvalue weighted by molar-refractivity contribution is 0.0953. The molecule has 0 aliphatic carbocycles. The van der Waals surface area contributed by atoms with Crippen LogP contribution >= 0.6 is 0 Å². The summed E-state index contributed by atoms with van der Waals surface area (Å²) >= 11 is 0. The van der Waals surface area contributed by atoms with E-state index >= 15 is 0 Å². The fourth-order valence-corrected chi connectivity index (χ4v) is 2.03. The molecule has 0 unspecified atom stereocenters. The highest BCUT2D eigenvalue weighted by Crippen LogP contribution is 2.11. The number of benzene rings is 1. The summed E-state index contributed by atoms with van der Waals surface area (Å²) in [5.74, 6) is 0.239. The van der Waals surface area contributed by atoms with Gasteiger partial charge >= 0.3 is 0 Å². The normalized spacial score (nSPS) is 11.5. The number of hydrogen-bond donors (Lipinski definition) is 1. The average Bonchev–Trinajstić information content (AvgIpc) is 3.24. The number of aryl methyl sites for hydroxylation is 1. The van der Waals surface area contributed by atoms with Crippen LogP contribution in [0.15, 0.2) is 52.4 Å². The van der Waals surface area contributed by atoms with Crippen LogP contribution in [-0.4, -0.2) is 31.8 Å². The molecular weight excluding hydrogens is 296 g/mol. The van der Waals surface area contributed by atoms with Gasteiger partial charge in [-0.3, -0.25) is 4.79 Å². The zero-order chi connectivity index (χ0) is 16.2. The Bertz CT molecular complexity index is 850. The zero-order valence-electron chi connectivity index (χ0n) is 12.6. The Morgan fingerprint density at radius 1 is 1.35 bits per heavy atom. The monoisotopic (exact) mass is 310 g/mol. The summed E-state index contributed by atoms with van der Waals surface area (Å²) in [5, 5.41) is 15.2. The average molecular weight is 310 g/mol. The molecule has 8 heteroatoms. The number of rotatable bonds is 4. The fraction of sp³-hybridized carbons (Fsp3) is 0.133. The van der Waals surface area contributed by atoms with Crippen molar-refractivity contribution in [2.45, 2.75) is 13.8 Å². The van der Waals surface area contributed by atoms with Crippen molar-refractivity contribution in [3.05, 3.63) is 59.8 Å². The molecule has 3 aromatic rings. The van der Waals surface area contributed by atoms with Gasteiger partial charge in [0.2, 0.25) is 0 Å². The first-order valence-electron chi connectivity index (χ1n) is 6.87. The van der Waals surface area contributed by atoms with Gasteiger partial charge in [0.1, 0.15) is 12.1 Å². The Morgan fingerprint density at radius 2 is 2.22 bits per heavy atom. The molecule has 1 N–H and O–H groups in total.